The molecule has 0 saturated heterocycles. The number of amides is 1. The number of carbonyl (C=O) groups excluding carboxylic acids is 1. The third-order valence-electron chi connectivity index (χ3n) is 4.17. The van der Waals surface area contributed by atoms with Gasteiger partial charge in [0, 0.05) is 11.1 Å². The Morgan fingerprint density at radius 1 is 1.30 bits per heavy atom. The van der Waals surface area contributed by atoms with E-state index in [1.54, 1.807) is 13.0 Å². The number of aryl methyl sites for hydroxylation is 2. The Balaban J connectivity index is 1.96. The second-order valence-corrected chi connectivity index (χ2v) is 6.39. The number of aromatic nitrogens is 1. The summed E-state index contributed by atoms with van der Waals surface area (Å²) in [5.41, 5.74) is 9.20. The van der Waals surface area contributed by atoms with E-state index in [1.807, 2.05) is 50.3 Å². The molecule has 138 valence electrons. The number of benzene rings is 1. The van der Waals surface area contributed by atoms with E-state index in [1.165, 1.54) is 0 Å². The summed E-state index contributed by atoms with van der Waals surface area (Å²) < 4.78 is 5.31. The van der Waals surface area contributed by atoms with Crippen LogP contribution in [0.25, 0.3) is 5.57 Å². The van der Waals surface area contributed by atoms with Crippen LogP contribution in [0.15, 0.2) is 52.8 Å². The fraction of sp³-hybridized carbons (Fsp3) is 0.238. The van der Waals surface area contributed by atoms with E-state index in [0.29, 0.717) is 5.82 Å². The van der Waals surface area contributed by atoms with Crippen LogP contribution < -0.4 is 16.4 Å². The number of allylic oxidation sites excluding steroid dienone is 2. The maximum Gasteiger partial charge on any atom is 0.242 e. The molecule has 0 radical (unpaired) electrons. The summed E-state index contributed by atoms with van der Waals surface area (Å²) in [7, 11) is 0. The summed E-state index contributed by atoms with van der Waals surface area (Å²) in [6.45, 7) is 5.40. The van der Waals surface area contributed by atoms with E-state index in [-0.39, 0.29) is 11.9 Å². The Morgan fingerprint density at radius 3 is 2.67 bits per heavy atom. The SMILES string of the molecule is Cc1noc(C)c1C1=CC=C(NC(=O)C(C)N)NC1C#Cc1ccccc1. The first-order chi connectivity index (χ1) is 13.0. The number of carbonyl (C=O) groups is 1. The van der Waals surface area contributed by atoms with E-state index in [9.17, 15) is 4.79 Å². The van der Waals surface area contributed by atoms with Crippen LogP contribution in [0, 0.1) is 25.7 Å². The topological polar surface area (TPSA) is 93.2 Å². The van der Waals surface area contributed by atoms with Crippen molar-refractivity contribution >= 4 is 11.5 Å². The minimum atomic E-state index is -0.602. The largest absolute Gasteiger partial charge is 0.361 e. The maximum atomic E-state index is 11.9. The molecule has 0 saturated carbocycles. The summed E-state index contributed by atoms with van der Waals surface area (Å²) in [5, 5.41) is 10.1. The summed E-state index contributed by atoms with van der Waals surface area (Å²) in [4.78, 5) is 11.9. The second kappa shape index (κ2) is 7.94. The van der Waals surface area contributed by atoms with Crippen molar-refractivity contribution in [2.24, 2.45) is 5.73 Å². The Kier molecular flexibility index (Phi) is 5.43. The van der Waals surface area contributed by atoms with Crippen molar-refractivity contribution < 1.29 is 9.32 Å². The van der Waals surface area contributed by atoms with Crippen molar-refractivity contribution in [2.75, 3.05) is 0 Å². The highest BCUT2D eigenvalue weighted by Crippen LogP contribution is 2.27. The number of nitrogens with zero attached hydrogens (tertiary/aromatic N) is 1. The van der Waals surface area contributed by atoms with Crippen LogP contribution in [0.1, 0.15) is 29.5 Å². The molecule has 0 spiro atoms. The van der Waals surface area contributed by atoms with Gasteiger partial charge < -0.3 is 20.9 Å². The van der Waals surface area contributed by atoms with Crippen molar-refractivity contribution in [1.29, 1.82) is 0 Å². The normalized spacial score (nSPS) is 17.0. The second-order valence-electron chi connectivity index (χ2n) is 6.39. The number of rotatable bonds is 3. The van der Waals surface area contributed by atoms with Gasteiger partial charge in [0.05, 0.1) is 11.7 Å². The molecular weight excluding hydrogens is 340 g/mol. The number of hydrogen-bond acceptors (Lipinski definition) is 5. The van der Waals surface area contributed by atoms with Crippen molar-refractivity contribution in [3.8, 4) is 11.8 Å². The molecule has 3 rings (SSSR count). The van der Waals surface area contributed by atoms with E-state index >= 15 is 0 Å². The monoisotopic (exact) mass is 362 g/mol. The van der Waals surface area contributed by atoms with E-state index in [2.05, 4.69) is 27.6 Å². The zero-order valence-corrected chi connectivity index (χ0v) is 15.5. The van der Waals surface area contributed by atoms with Crippen molar-refractivity contribution in [3.05, 3.63) is 70.9 Å². The van der Waals surface area contributed by atoms with Gasteiger partial charge >= 0.3 is 0 Å². The van der Waals surface area contributed by atoms with E-state index < -0.39 is 6.04 Å². The van der Waals surface area contributed by atoms with Crippen LogP contribution in [0.3, 0.4) is 0 Å². The van der Waals surface area contributed by atoms with Gasteiger partial charge in [-0.05, 0) is 44.6 Å². The molecule has 1 aliphatic rings. The van der Waals surface area contributed by atoms with Crippen LogP contribution >= 0.6 is 0 Å². The highest BCUT2D eigenvalue weighted by molar-refractivity contribution is 5.84. The molecule has 0 fully saturated rings. The van der Waals surface area contributed by atoms with Gasteiger partial charge in [-0.15, -0.1) is 0 Å². The molecule has 2 heterocycles. The predicted molar refractivity (Wildman–Crippen MR) is 104 cm³/mol. The molecule has 1 amide bonds. The molecule has 6 nitrogen and oxygen atoms in total. The predicted octanol–water partition coefficient (Wildman–Crippen LogP) is 2.00. The molecule has 6 heteroatoms. The standard InChI is InChI=1S/C21H22N4O2/c1-13(22)21(26)24-19-12-10-17(20-14(2)25-27-15(20)3)18(23-19)11-9-16-7-5-4-6-8-16/h4-8,10,12-13,18,23H,22H2,1-3H3,(H,24,26). The van der Waals surface area contributed by atoms with Gasteiger partial charge in [0.1, 0.15) is 17.6 Å². The zero-order valence-electron chi connectivity index (χ0n) is 15.5. The lowest BCUT2D eigenvalue weighted by Gasteiger charge is -2.24. The molecule has 2 aromatic rings. The summed E-state index contributed by atoms with van der Waals surface area (Å²) in [6, 6.07) is 8.79. The molecular formula is C21H22N4O2. The molecule has 1 aromatic carbocycles. The van der Waals surface area contributed by atoms with Crippen LogP contribution in [0.2, 0.25) is 0 Å². The number of nitrogens with one attached hydrogen (secondary N) is 2. The van der Waals surface area contributed by atoms with Gasteiger partial charge in [0.25, 0.3) is 0 Å². The van der Waals surface area contributed by atoms with Crippen LogP contribution in [0.4, 0.5) is 0 Å². The van der Waals surface area contributed by atoms with Gasteiger partial charge in [-0.3, -0.25) is 4.79 Å². The highest BCUT2D eigenvalue weighted by atomic mass is 16.5. The lowest BCUT2D eigenvalue weighted by molar-refractivity contribution is -0.121. The third kappa shape index (κ3) is 4.27. The minimum Gasteiger partial charge on any atom is -0.361 e. The Labute approximate surface area is 158 Å². The fourth-order valence-corrected chi connectivity index (χ4v) is 2.79. The summed E-state index contributed by atoms with van der Waals surface area (Å²) >= 11 is 0. The Bertz CT molecular complexity index is 940. The average molecular weight is 362 g/mol. The summed E-state index contributed by atoms with van der Waals surface area (Å²) in [6.07, 6.45) is 3.71. The lowest BCUT2D eigenvalue weighted by atomic mass is 9.94. The first-order valence-corrected chi connectivity index (χ1v) is 8.70. The van der Waals surface area contributed by atoms with Crippen molar-refractivity contribution in [2.45, 2.75) is 32.9 Å². The smallest absolute Gasteiger partial charge is 0.242 e. The number of nitrogens with two attached hydrogens (primary N) is 1. The van der Waals surface area contributed by atoms with Crippen LogP contribution in [-0.4, -0.2) is 23.1 Å². The quantitative estimate of drug-likeness (QED) is 0.726. The molecule has 1 aliphatic heterocycles. The zero-order chi connectivity index (χ0) is 19.4. The first-order valence-electron chi connectivity index (χ1n) is 8.70. The average Bonchev–Trinajstić information content (AvgIpc) is 2.99. The van der Waals surface area contributed by atoms with Gasteiger partial charge in [0.2, 0.25) is 5.91 Å². The molecule has 1 aromatic heterocycles. The Morgan fingerprint density at radius 2 is 2.04 bits per heavy atom. The van der Waals surface area contributed by atoms with Gasteiger partial charge in [-0.2, -0.15) is 0 Å². The van der Waals surface area contributed by atoms with E-state index in [4.69, 9.17) is 10.3 Å². The molecule has 4 N–H and O–H groups in total. The molecule has 2 unspecified atom stereocenters. The van der Waals surface area contributed by atoms with Gasteiger partial charge in [0.15, 0.2) is 0 Å². The molecule has 0 aliphatic carbocycles. The summed E-state index contributed by atoms with van der Waals surface area (Å²) in [5.74, 6) is 7.43. The first kappa shape index (κ1) is 18.5. The minimum absolute atomic E-state index is 0.266. The van der Waals surface area contributed by atoms with E-state index in [0.717, 1.165) is 28.2 Å². The third-order valence-corrected chi connectivity index (χ3v) is 4.17. The Hall–Kier alpha value is -3.30. The molecule has 0 bridgehead atoms. The van der Waals surface area contributed by atoms with Gasteiger partial charge in [-0.25, -0.2) is 0 Å². The van der Waals surface area contributed by atoms with Gasteiger partial charge in [-0.1, -0.05) is 41.3 Å². The van der Waals surface area contributed by atoms with Crippen LogP contribution in [0.5, 0.6) is 0 Å². The lowest BCUT2D eigenvalue weighted by Crippen LogP contribution is -2.44. The van der Waals surface area contributed by atoms with Crippen molar-refractivity contribution in [1.82, 2.24) is 15.8 Å². The fourth-order valence-electron chi connectivity index (χ4n) is 2.79. The molecule has 27 heavy (non-hydrogen) atoms. The molecule has 2 atom stereocenters. The maximum absolute atomic E-state index is 11.9. The van der Waals surface area contributed by atoms with Crippen molar-refractivity contribution in [3.63, 3.8) is 0 Å². The van der Waals surface area contributed by atoms with Crippen LogP contribution in [-0.2, 0) is 4.79 Å². The number of hydrogen-bond donors (Lipinski definition) is 3. The number of dihydropyridines is 1. The highest BCUT2D eigenvalue weighted by Gasteiger charge is 2.24.